The quantitative estimate of drug-likeness (QED) is 0.363. The maximum atomic E-state index is 11.0. The van der Waals surface area contributed by atoms with Gasteiger partial charge in [-0.3, -0.25) is 4.57 Å². The molecule has 12 heteroatoms. The normalized spacial score (nSPS) is 28.6. The van der Waals surface area contributed by atoms with Crippen LogP contribution in [-0.4, -0.2) is 70.7 Å². The van der Waals surface area contributed by atoms with Crippen LogP contribution in [-0.2, 0) is 4.74 Å². The minimum absolute atomic E-state index is 0.0338. The molecule has 0 aromatic carbocycles. The molecule has 4 atom stereocenters. The van der Waals surface area contributed by atoms with E-state index in [9.17, 15) is 20.2 Å². The monoisotopic (exact) mass is 326 g/mol. The van der Waals surface area contributed by atoms with Gasteiger partial charge in [0.1, 0.15) is 24.6 Å². The molecule has 0 aliphatic carbocycles. The number of aromatic nitrogens is 4. The van der Waals surface area contributed by atoms with Gasteiger partial charge in [-0.2, -0.15) is 9.72 Å². The van der Waals surface area contributed by atoms with Crippen LogP contribution in [0.5, 0.6) is 0 Å². The number of hydrogen-bond donors (Lipinski definition) is 5. The van der Waals surface area contributed by atoms with Crippen LogP contribution in [0.2, 0.25) is 0 Å². The maximum absolute atomic E-state index is 11.0. The highest BCUT2D eigenvalue weighted by atomic mass is 16.6. The van der Waals surface area contributed by atoms with Crippen molar-refractivity contribution >= 4 is 17.2 Å². The fourth-order valence-corrected chi connectivity index (χ4v) is 2.42. The lowest BCUT2D eigenvalue weighted by molar-refractivity contribution is -0.0511. The van der Waals surface area contributed by atoms with E-state index in [0.717, 1.165) is 6.33 Å². The Morgan fingerprint density at radius 3 is 2.70 bits per heavy atom. The van der Waals surface area contributed by atoms with Gasteiger partial charge in [0, 0.05) is 0 Å². The molecular formula is C11H14N6O6. The fourth-order valence-electron chi connectivity index (χ4n) is 2.42. The summed E-state index contributed by atoms with van der Waals surface area (Å²) in [4.78, 5) is 22.3. The molecule has 0 spiro atoms. The number of amides is 2. The van der Waals surface area contributed by atoms with Gasteiger partial charge in [-0.25, -0.2) is 14.8 Å². The second-order valence-corrected chi connectivity index (χ2v) is 4.92. The number of rotatable bonds is 2. The molecule has 3 rings (SSSR count). The van der Waals surface area contributed by atoms with E-state index in [-0.39, 0.29) is 16.7 Å². The van der Waals surface area contributed by atoms with Crippen molar-refractivity contribution in [2.24, 2.45) is 10.7 Å². The van der Waals surface area contributed by atoms with E-state index >= 15 is 0 Å². The highest BCUT2D eigenvalue weighted by Crippen LogP contribution is 2.30. The van der Waals surface area contributed by atoms with Crippen molar-refractivity contribution in [2.45, 2.75) is 24.5 Å². The van der Waals surface area contributed by atoms with E-state index in [1.165, 1.54) is 10.9 Å². The average Bonchev–Trinajstić information content (AvgIpc) is 3.04. The number of hydrogen-bond acceptors (Lipinski definition) is 8. The molecule has 6 N–H and O–H groups in total. The van der Waals surface area contributed by atoms with E-state index in [0.29, 0.717) is 4.73 Å². The lowest BCUT2D eigenvalue weighted by atomic mass is 10.1. The molecule has 0 unspecified atom stereocenters. The third-order valence-electron chi connectivity index (χ3n) is 3.49. The number of nitrogens with zero attached hydrogens (tertiary/aromatic N) is 5. The summed E-state index contributed by atoms with van der Waals surface area (Å²) in [5.74, 6) is 0. The van der Waals surface area contributed by atoms with Crippen molar-refractivity contribution in [3.63, 3.8) is 0 Å². The van der Waals surface area contributed by atoms with Gasteiger partial charge in [0.2, 0.25) is 5.49 Å². The first-order chi connectivity index (χ1) is 10.9. The second-order valence-electron chi connectivity index (χ2n) is 4.92. The Morgan fingerprint density at radius 2 is 2.09 bits per heavy atom. The van der Waals surface area contributed by atoms with Crippen LogP contribution in [0.1, 0.15) is 6.23 Å². The molecule has 124 valence electrons. The molecule has 1 fully saturated rings. The Morgan fingerprint density at radius 1 is 1.35 bits per heavy atom. The standard InChI is InChI=1S/C11H14N6O6/c12-11(21)15-9-5-8(14-3-17(9)22)16(2-13-5)10-7(20)6(19)4(1-18)23-10/h2-4,6-7,10,18-20,22H,1H2,(H2,12,21)/b15-9-/t4-,6-,7-,10-/m1/s1. The molecule has 3 heterocycles. The van der Waals surface area contributed by atoms with Crippen LogP contribution in [0.4, 0.5) is 4.79 Å². The molecule has 1 saturated heterocycles. The summed E-state index contributed by atoms with van der Waals surface area (Å²) in [6.07, 6.45) is -2.45. The smallest absolute Gasteiger partial charge is 0.340 e. The number of primary amides is 1. The summed E-state index contributed by atoms with van der Waals surface area (Å²) in [5, 5.41) is 38.6. The molecule has 1 aliphatic rings. The number of carbonyl (C=O) groups is 1. The van der Waals surface area contributed by atoms with Crippen LogP contribution < -0.4 is 11.2 Å². The van der Waals surface area contributed by atoms with Crippen LogP contribution in [0.25, 0.3) is 11.2 Å². The summed E-state index contributed by atoms with van der Waals surface area (Å²) in [6.45, 7) is -0.478. The van der Waals surface area contributed by atoms with Gasteiger partial charge >= 0.3 is 6.03 Å². The third-order valence-corrected chi connectivity index (χ3v) is 3.49. The van der Waals surface area contributed by atoms with Crippen molar-refractivity contribution < 1.29 is 30.1 Å². The lowest BCUT2D eigenvalue weighted by Crippen LogP contribution is -2.33. The number of aliphatic hydroxyl groups is 3. The molecule has 0 radical (unpaired) electrons. The van der Waals surface area contributed by atoms with Gasteiger partial charge in [0.25, 0.3) is 0 Å². The highest BCUT2D eigenvalue weighted by Gasteiger charge is 2.44. The molecule has 12 nitrogen and oxygen atoms in total. The Labute approximate surface area is 127 Å². The van der Waals surface area contributed by atoms with Crippen LogP contribution in [0.3, 0.4) is 0 Å². The van der Waals surface area contributed by atoms with Gasteiger partial charge in [-0.15, -0.1) is 0 Å². The van der Waals surface area contributed by atoms with Crippen molar-refractivity contribution in [1.82, 2.24) is 19.3 Å². The minimum Gasteiger partial charge on any atom is -0.425 e. The zero-order chi connectivity index (χ0) is 16.7. The first-order valence-electron chi connectivity index (χ1n) is 6.54. The first-order valence-corrected chi connectivity index (χ1v) is 6.54. The van der Waals surface area contributed by atoms with Gasteiger partial charge in [-0.05, 0) is 0 Å². The first kappa shape index (κ1) is 15.4. The number of imidazole rings is 1. The Kier molecular flexibility index (Phi) is 3.73. The molecule has 0 bridgehead atoms. The Hall–Kier alpha value is -2.54. The summed E-state index contributed by atoms with van der Waals surface area (Å²) >= 11 is 0. The number of aliphatic hydroxyl groups excluding tert-OH is 3. The topological polar surface area (TPSA) is 181 Å². The van der Waals surface area contributed by atoms with E-state index in [1.54, 1.807) is 0 Å². The van der Waals surface area contributed by atoms with Gasteiger partial charge < -0.3 is 31.0 Å². The second kappa shape index (κ2) is 5.58. The van der Waals surface area contributed by atoms with E-state index in [1.807, 2.05) is 0 Å². The predicted octanol–water partition coefficient (Wildman–Crippen LogP) is -2.94. The van der Waals surface area contributed by atoms with Gasteiger partial charge in [-0.1, -0.05) is 0 Å². The summed E-state index contributed by atoms with van der Waals surface area (Å²) in [6, 6.07) is -1.04. The van der Waals surface area contributed by atoms with Crippen LogP contribution >= 0.6 is 0 Å². The summed E-state index contributed by atoms with van der Waals surface area (Å²) in [5.41, 5.74) is 4.90. The largest absolute Gasteiger partial charge is 0.425 e. The fraction of sp³-hybridized carbons (Fsp3) is 0.455. The average molecular weight is 326 g/mol. The predicted molar refractivity (Wildman–Crippen MR) is 70.9 cm³/mol. The zero-order valence-electron chi connectivity index (χ0n) is 11.6. The van der Waals surface area contributed by atoms with E-state index in [2.05, 4.69) is 15.0 Å². The summed E-state index contributed by atoms with van der Waals surface area (Å²) < 4.78 is 7.14. The van der Waals surface area contributed by atoms with Crippen molar-refractivity contribution in [2.75, 3.05) is 6.61 Å². The number of fused-ring (bicyclic) bond motifs is 1. The third kappa shape index (κ3) is 2.43. The molecule has 2 aromatic heterocycles. The number of carbonyl (C=O) groups excluding carboxylic acids is 1. The van der Waals surface area contributed by atoms with Crippen molar-refractivity contribution in [3.05, 3.63) is 18.1 Å². The SMILES string of the molecule is NC(=O)/N=c1/c2ncn([C@@H]3O[C@H](CO)[C@@H](O)[C@H]3O)c2ncn1O. The van der Waals surface area contributed by atoms with Crippen molar-refractivity contribution in [1.29, 1.82) is 0 Å². The van der Waals surface area contributed by atoms with Gasteiger partial charge in [0.15, 0.2) is 17.4 Å². The number of nitrogens with two attached hydrogens (primary N) is 1. The van der Waals surface area contributed by atoms with E-state index < -0.39 is 37.2 Å². The molecule has 0 saturated carbocycles. The Bertz CT molecular complexity index is 815. The van der Waals surface area contributed by atoms with Crippen LogP contribution in [0, 0.1) is 0 Å². The zero-order valence-corrected chi connectivity index (χ0v) is 11.6. The molecule has 2 aromatic rings. The van der Waals surface area contributed by atoms with Gasteiger partial charge in [0.05, 0.1) is 12.9 Å². The molecule has 23 heavy (non-hydrogen) atoms. The van der Waals surface area contributed by atoms with E-state index in [4.69, 9.17) is 15.6 Å². The maximum Gasteiger partial charge on any atom is 0.340 e. The molecule has 2 amide bonds. The van der Waals surface area contributed by atoms with Crippen molar-refractivity contribution in [3.8, 4) is 0 Å². The van der Waals surface area contributed by atoms with Crippen LogP contribution in [0.15, 0.2) is 17.6 Å². The highest BCUT2D eigenvalue weighted by molar-refractivity contribution is 5.75. The molecule has 1 aliphatic heterocycles. The Balaban J connectivity index is 2.13. The number of ether oxygens (including phenoxy) is 1. The minimum atomic E-state index is -1.33. The number of urea groups is 1. The molecular weight excluding hydrogens is 312 g/mol. The summed E-state index contributed by atoms with van der Waals surface area (Å²) in [7, 11) is 0. The lowest BCUT2D eigenvalue weighted by Gasteiger charge is -2.16.